The highest BCUT2D eigenvalue weighted by atomic mass is 79.9. The van der Waals surface area contributed by atoms with Crippen molar-refractivity contribution in [3.05, 3.63) is 45.7 Å². The molecular formula is C14H16BrNS2. The Hall–Kier alpha value is -0.290. The minimum Gasteiger partial charge on any atom is -0.313 e. The monoisotopic (exact) mass is 341 g/mol. The van der Waals surface area contributed by atoms with Crippen LogP contribution in [0.1, 0.15) is 18.9 Å². The van der Waals surface area contributed by atoms with Crippen LogP contribution >= 0.6 is 39.0 Å². The average molecular weight is 342 g/mol. The number of rotatable bonds is 6. The SMILES string of the molecule is CCCNCc1ccc(Sc2cccs2)c(Br)c1. The first kappa shape index (κ1) is 14.1. The van der Waals surface area contributed by atoms with Gasteiger partial charge in [-0.2, -0.15) is 0 Å². The van der Waals surface area contributed by atoms with Gasteiger partial charge in [-0.15, -0.1) is 11.3 Å². The molecule has 1 heterocycles. The van der Waals surface area contributed by atoms with E-state index in [4.69, 9.17) is 0 Å². The lowest BCUT2D eigenvalue weighted by Crippen LogP contribution is -2.13. The number of nitrogens with one attached hydrogen (secondary N) is 1. The van der Waals surface area contributed by atoms with Crippen LogP contribution in [0.15, 0.2) is 49.3 Å². The maximum atomic E-state index is 3.66. The number of benzene rings is 1. The molecule has 96 valence electrons. The fourth-order valence-electron chi connectivity index (χ4n) is 1.58. The van der Waals surface area contributed by atoms with E-state index >= 15 is 0 Å². The van der Waals surface area contributed by atoms with Crippen LogP contribution in [0, 0.1) is 0 Å². The highest BCUT2D eigenvalue weighted by Crippen LogP contribution is 2.36. The first-order valence-electron chi connectivity index (χ1n) is 6.00. The molecule has 0 saturated heterocycles. The molecule has 1 nitrogen and oxygen atoms in total. The molecule has 0 aliphatic rings. The summed E-state index contributed by atoms with van der Waals surface area (Å²) in [6.07, 6.45) is 1.17. The van der Waals surface area contributed by atoms with Gasteiger partial charge in [0, 0.05) is 15.9 Å². The van der Waals surface area contributed by atoms with Crippen LogP contribution in [0.5, 0.6) is 0 Å². The van der Waals surface area contributed by atoms with Gasteiger partial charge >= 0.3 is 0 Å². The molecule has 0 amide bonds. The lowest BCUT2D eigenvalue weighted by atomic mass is 10.2. The van der Waals surface area contributed by atoms with Crippen molar-refractivity contribution in [3.8, 4) is 0 Å². The second kappa shape index (κ2) is 7.34. The van der Waals surface area contributed by atoms with Crippen LogP contribution in [0.2, 0.25) is 0 Å². The third kappa shape index (κ3) is 4.12. The lowest BCUT2D eigenvalue weighted by Gasteiger charge is -2.07. The maximum absolute atomic E-state index is 3.66. The van der Waals surface area contributed by atoms with Gasteiger partial charge in [0.25, 0.3) is 0 Å². The average Bonchev–Trinajstić information content (AvgIpc) is 2.86. The van der Waals surface area contributed by atoms with Gasteiger partial charge in [0.15, 0.2) is 0 Å². The Morgan fingerprint density at radius 3 is 2.89 bits per heavy atom. The first-order valence-corrected chi connectivity index (χ1v) is 8.49. The van der Waals surface area contributed by atoms with E-state index in [0.717, 1.165) is 13.1 Å². The van der Waals surface area contributed by atoms with Gasteiger partial charge in [-0.3, -0.25) is 0 Å². The lowest BCUT2D eigenvalue weighted by molar-refractivity contribution is 0.675. The predicted molar refractivity (Wildman–Crippen MR) is 84.6 cm³/mol. The molecule has 1 aromatic carbocycles. The summed E-state index contributed by atoms with van der Waals surface area (Å²) in [5.41, 5.74) is 1.32. The Bertz CT molecular complexity index is 483. The molecule has 0 atom stereocenters. The van der Waals surface area contributed by atoms with Gasteiger partial charge in [0.1, 0.15) is 0 Å². The molecule has 1 aromatic heterocycles. The zero-order chi connectivity index (χ0) is 12.8. The summed E-state index contributed by atoms with van der Waals surface area (Å²) in [5, 5.41) is 5.53. The van der Waals surface area contributed by atoms with E-state index in [1.807, 2.05) is 11.8 Å². The van der Waals surface area contributed by atoms with Gasteiger partial charge < -0.3 is 5.32 Å². The Labute approximate surface area is 125 Å². The highest BCUT2D eigenvalue weighted by molar-refractivity contribution is 9.10. The van der Waals surface area contributed by atoms with Crippen LogP contribution in [0.25, 0.3) is 0 Å². The number of halogens is 1. The Morgan fingerprint density at radius 1 is 1.33 bits per heavy atom. The minimum absolute atomic E-state index is 0.941. The van der Waals surface area contributed by atoms with E-state index in [2.05, 4.69) is 63.9 Å². The smallest absolute Gasteiger partial charge is 0.0646 e. The van der Waals surface area contributed by atoms with Crippen LogP contribution in [0.4, 0.5) is 0 Å². The molecule has 1 N–H and O–H groups in total. The molecule has 0 aliphatic carbocycles. The topological polar surface area (TPSA) is 12.0 Å². The Balaban J connectivity index is 2.01. The molecular weight excluding hydrogens is 326 g/mol. The Kier molecular flexibility index (Phi) is 5.76. The summed E-state index contributed by atoms with van der Waals surface area (Å²) in [5.74, 6) is 0. The summed E-state index contributed by atoms with van der Waals surface area (Å²) in [6.45, 7) is 4.20. The van der Waals surface area contributed by atoms with Crippen molar-refractivity contribution >= 4 is 39.0 Å². The van der Waals surface area contributed by atoms with Crippen LogP contribution in [0.3, 0.4) is 0 Å². The largest absolute Gasteiger partial charge is 0.313 e. The van der Waals surface area contributed by atoms with E-state index in [0.29, 0.717) is 0 Å². The number of hydrogen-bond donors (Lipinski definition) is 1. The molecule has 0 saturated carbocycles. The molecule has 0 unspecified atom stereocenters. The molecule has 2 aromatic rings. The molecule has 0 spiro atoms. The van der Waals surface area contributed by atoms with Gasteiger partial charge in [-0.05, 0) is 58.0 Å². The fraction of sp³-hybridized carbons (Fsp3) is 0.286. The van der Waals surface area contributed by atoms with Crippen molar-refractivity contribution in [2.75, 3.05) is 6.54 Å². The molecule has 4 heteroatoms. The van der Waals surface area contributed by atoms with Crippen molar-refractivity contribution < 1.29 is 0 Å². The molecule has 0 radical (unpaired) electrons. The second-order valence-corrected chi connectivity index (χ2v) is 7.12. The molecule has 0 aliphatic heterocycles. The Morgan fingerprint density at radius 2 is 2.22 bits per heavy atom. The third-order valence-electron chi connectivity index (χ3n) is 2.46. The first-order chi connectivity index (χ1) is 8.79. The van der Waals surface area contributed by atoms with Crippen LogP contribution in [-0.2, 0) is 6.54 Å². The molecule has 18 heavy (non-hydrogen) atoms. The van der Waals surface area contributed by atoms with Crippen LogP contribution < -0.4 is 5.32 Å². The standard InChI is InChI=1S/C14H16BrNS2/c1-2-7-16-10-11-5-6-13(12(15)9-11)18-14-4-3-8-17-14/h3-6,8-9,16H,2,7,10H2,1H3. The number of hydrogen-bond acceptors (Lipinski definition) is 3. The predicted octanol–water partition coefficient (Wildman–Crippen LogP) is 5.16. The van der Waals surface area contributed by atoms with Crippen molar-refractivity contribution in [1.82, 2.24) is 5.32 Å². The number of thiophene rings is 1. The maximum Gasteiger partial charge on any atom is 0.0646 e. The van der Waals surface area contributed by atoms with Crippen molar-refractivity contribution in [2.24, 2.45) is 0 Å². The highest BCUT2D eigenvalue weighted by Gasteiger charge is 2.04. The van der Waals surface area contributed by atoms with Crippen molar-refractivity contribution in [2.45, 2.75) is 29.0 Å². The van der Waals surface area contributed by atoms with Crippen LogP contribution in [-0.4, -0.2) is 6.54 Å². The quantitative estimate of drug-likeness (QED) is 0.728. The van der Waals surface area contributed by atoms with E-state index < -0.39 is 0 Å². The summed E-state index contributed by atoms with van der Waals surface area (Å²) in [6, 6.07) is 10.8. The minimum atomic E-state index is 0.941. The third-order valence-corrected chi connectivity index (χ3v) is 5.49. The summed E-state index contributed by atoms with van der Waals surface area (Å²) in [7, 11) is 0. The summed E-state index contributed by atoms with van der Waals surface area (Å²) in [4.78, 5) is 1.27. The van der Waals surface area contributed by atoms with E-state index in [1.54, 1.807) is 11.3 Å². The van der Waals surface area contributed by atoms with Crippen molar-refractivity contribution in [1.29, 1.82) is 0 Å². The normalized spacial score (nSPS) is 10.8. The van der Waals surface area contributed by atoms with E-state index in [-0.39, 0.29) is 0 Å². The summed E-state index contributed by atoms with van der Waals surface area (Å²) < 4.78 is 2.50. The molecule has 2 rings (SSSR count). The fourth-order valence-corrected chi connectivity index (χ4v) is 3.98. The van der Waals surface area contributed by atoms with Gasteiger partial charge in [0.2, 0.25) is 0 Å². The van der Waals surface area contributed by atoms with Gasteiger partial charge in [0.05, 0.1) is 4.21 Å². The van der Waals surface area contributed by atoms with E-state index in [9.17, 15) is 0 Å². The second-order valence-electron chi connectivity index (χ2n) is 3.98. The van der Waals surface area contributed by atoms with Crippen molar-refractivity contribution in [3.63, 3.8) is 0 Å². The van der Waals surface area contributed by atoms with Gasteiger partial charge in [-0.25, -0.2) is 0 Å². The zero-order valence-electron chi connectivity index (χ0n) is 10.3. The molecule has 0 bridgehead atoms. The van der Waals surface area contributed by atoms with Gasteiger partial charge in [-0.1, -0.05) is 30.8 Å². The summed E-state index contributed by atoms with van der Waals surface area (Å²) >= 11 is 7.24. The zero-order valence-corrected chi connectivity index (χ0v) is 13.5. The van der Waals surface area contributed by atoms with E-state index in [1.165, 1.54) is 25.6 Å². The molecule has 0 fully saturated rings.